The van der Waals surface area contributed by atoms with E-state index >= 15 is 0 Å². The van der Waals surface area contributed by atoms with Gasteiger partial charge in [0.05, 0.1) is 0 Å². The van der Waals surface area contributed by atoms with Gasteiger partial charge in [-0.2, -0.15) is 0 Å². The molecule has 0 spiro atoms. The third-order valence-corrected chi connectivity index (χ3v) is 7.79. The van der Waals surface area contributed by atoms with Crippen molar-refractivity contribution < 1.29 is 9.59 Å². The lowest BCUT2D eigenvalue weighted by Gasteiger charge is -2.47. The number of hydrogen-bond acceptors (Lipinski definition) is 2. The Morgan fingerprint density at radius 2 is 1.71 bits per heavy atom. The molecule has 6 atom stereocenters. The molecule has 0 unspecified atom stereocenters. The first-order chi connectivity index (χ1) is 9.88. The van der Waals surface area contributed by atoms with E-state index in [1.54, 1.807) is 0 Å². The van der Waals surface area contributed by atoms with Crippen LogP contribution in [0.4, 0.5) is 0 Å². The van der Waals surface area contributed by atoms with Gasteiger partial charge in [-0.3, -0.25) is 9.59 Å². The molecule has 2 heteroatoms. The maximum absolute atomic E-state index is 12.4. The van der Waals surface area contributed by atoms with E-state index in [2.05, 4.69) is 20.8 Å². The second-order valence-corrected chi connectivity index (χ2v) is 8.48. The van der Waals surface area contributed by atoms with Crippen LogP contribution < -0.4 is 0 Å². The van der Waals surface area contributed by atoms with Crippen LogP contribution in [0.25, 0.3) is 0 Å². The minimum absolute atomic E-state index is 0.0656. The molecule has 4 aliphatic carbocycles. The highest BCUT2D eigenvalue weighted by molar-refractivity contribution is 5.92. The molecule has 4 aliphatic rings. The van der Waals surface area contributed by atoms with Crippen LogP contribution in [0.15, 0.2) is 11.6 Å². The van der Waals surface area contributed by atoms with Crippen LogP contribution in [0.1, 0.15) is 59.3 Å². The first-order valence-electron chi connectivity index (χ1n) is 8.66. The molecule has 3 saturated carbocycles. The Labute approximate surface area is 127 Å². The average Bonchev–Trinajstić information content (AvgIpc) is 2.86. The molecule has 0 heterocycles. The number of Topliss-reactive ketones (excluding diaryl/α,β-unsaturated/α-hetero) is 1. The van der Waals surface area contributed by atoms with Crippen molar-refractivity contribution in [3.8, 4) is 0 Å². The lowest BCUT2D eigenvalue weighted by molar-refractivity contribution is -0.130. The van der Waals surface area contributed by atoms with Crippen molar-refractivity contribution >= 4 is 11.6 Å². The molecule has 0 aromatic rings. The molecule has 0 aliphatic heterocycles. The van der Waals surface area contributed by atoms with E-state index in [4.69, 9.17) is 0 Å². The summed E-state index contributed by atoms with van der Waals surface area (Å²) < 4.78 is 0. The van der Waals surface area contributed by atoms with Gasteiger partial charge >= 0.3 is 0 Å². The van der Waals surface area contributed by atoms with Crippen molar-refractivity contribution in [1.82, 2.24) is 0 Å². The highest BCUT2D eigenvalue weighted by Gasteiger charge is 2.63. The van der Waals surface area contributed by atoms with E-state index in [0.717, 1.165) is 32.1 Å². The van der Waals surface area contributed by atoms with Gasteiger partial charge in [0, 0.05) is 18.3 Å². The van der Waals surface area contributed by atoms with Crippen LogP contribution in [-0.2, 0) is 9.59 Å². The summed E-state index contributed by atoms with van der Waals surface area (Å²) in [6.07, 6.45) is 7.83. The van der Waals surface area contributed by atoms with Gasteiger partial charge in [0.25, 0.3) is 0 Å². The molecular formula is C19H26O2. The lowest BCUT2D eigenvalue weighted by Crippen LogP contribution is -2.43. The molecule has 114 valence electrons. The molecule has 0 N–H and O–H groups in total. The van der Waals surface area contributed by atoms with Crippen molar-refractivity contribution in [2.45, 2.75) is 59.3 Å². The number of rotatable bonds is 0. The van der Waals surface area contributed by atoms with Crippen molar-refractivity contribution in [2.75, 3.05) is 0 Å². The van der Waals surface area contributed by atoms with Gasteiger partial charge in [-0.1, -0.05) is 26.3 Å². The highest BCUT2D eigenvalue weighted by Crippen LogP contribution is 2.68. The fourth-order valence-electron chi connectivity index (χ4n) is 6.60. The van der Waals surface area contributed by atoms with Crippen LogP contribution in [0.5, 0.6) is 0 Å². The Kier molecular flexibility index (Phi) is 2.67. The quantitative estimate of drug-likeness (QED) is 0.676. The Hall–Kier alpha value is -0.920. The predicted octanol–water partition coefficient (Wildman–Crippen LogP) is 3.94. The van der Waals surface area contributed by atoms with E-state index in [9.17, 15) is 9.59 Å². The maximum Gasteiger partial charge on any atom is 0.155 e. The third-order valence-electron chi connectivity index (χ3n) is 7.79. The molecule has 0 bridgehead atoms. The van der Waals surface area contributed by atoms with Crippen LogP contribution in [0.3, 0.4) is 0 Å². The minimum atomic E-state index is -0.0656. The molecule has 3 fully saturated rings. The Balaban J connectivity index is 1.79. The van der Waals surface area contributed by atoms with Gasteiger partial charge in [0.2, 0.25) is 0 Å². The second kappa shape index (κ2) is 4.08. The van der Waals surface area contributed by atoms with Crippen LogP contribution in [-0.4, -0.2) is 11.6 Å². The smallest absolute Gasteiger partial charge is 0.155 e. The summed E-state index contributed by atoms with van der Waals surface area (Å²) in [4.78, 5) is 24.3. The van der Waals surface area contributed by atoms with Gasteiger partial charge in [0.1, 0.15) is 5.78 Å². The lowest BCUT2D eigenvalue weighted by atomic mass is 9.56. The van der Waals surface area contributed by atoms with Gasteiger partial charge in [-0.25, -0.2) is 0 Å². The normalized spacial score (nSPS) is 52.2. The van der Waals surface area contributed by atoms with Crippen LogP contribution in [0.2, 0.25) is 0 Å². The standard InChI is InChI=1S/C19H26O2/c1-11-15-10-12(20)6-8-18(15,2)14-7-9-19(3)13(17(11)14)4-5-16(19)21/h10-11,13-14,17H,4-9H2,1-3H3/t11-,13+,14+,17+,18-,19-/m1/s1. The maximum atomic E-state index is 12.4. The Morgan fingerprint density at radius 1 is 1.00 bits per heavy atom. The number of carbonyl (C=O) groups is 2. The first kappa shape index (κ1) is 13.7. The topological polar surface area (TPSA) is 34.1 Å². The summed E-state index contributed by atoms with van der Waals surface area (Å²) in [5.74, 6) is 3.17. The first-order valence-corrected chi connectivity index (χ1v) is 8.66. The summed E-state index contributed by atoms with van der Waals surface area (Å²) in [6.45, 7) is 6.94. The number of allylic oxidation sites excluding steroid dienone is 2. The number of ketones is 2. The van der Waals surface area contributed by atoms with Crippen molar-refractivity contribution in [2.24, 2.45) is 34.5 Å². The van der Waals surface area contributed by atoms with Crippen LogP contribution in [0, 0.1) is 34.5 Å². The summed E-state index contributed by atoms with van der Waals surface area (Å²) in [6, 6.07) is 0. The molecule has 4 rings (SSSR count). The van der Waals surface area contributed by atoms with E-state index in [-0.39, 0.29) is 10.8 Å². The van der Waals surface area contributed by atoms with Crippen molar-refractivity contribution in [3.05, 3.63) is 11.6 Å². The fourth-order valence-corrected chi connectivity index (χ4v) is 6.60. The molecular weight excluding hydrogens is 260 g/mol. The zero-order valence-electron chi connectivity index (χ0n) is 13.4. The summed E-state index contributed by atoms with van der Waals surface area (Å²) in [7, 11) is 0. The summed E-state index contributed by atoms with van der Waals surface area (Å²) >= 11 is 0. The highest BCUT2D eigenvalue weighted by atomic mass is 16.1. The zero-order valence-corrected chi connectivity index (χ0v) is 13.4. The second-order valence-electron chi connectivity index (χ2n) is 8.48. The number of fused-ring (bicyclic) bond motifs is 5. The van der Waals surface area contributed by atoms with E-state index in [0.29, 0.717) is 35.2 Å². The van der Waals surface area contributed by atoms with Gasteiger partial charge in [-0.05, 0) is 60.8 Å². The minimum Gasteiger partial charge on any atom is -0.299 e. The fraction of sp³-hybridized carbons (Fsp3) is 0.789. The molecule has 0 amide bonds. The van der Waals surface area contributed by atoms with Crippen molar-refractivity contribution in [3.63, 3.8) is 0 Å². The van der Waals surface area contributed by atoms with E-state index in [1.807, 2.05) is 6.08 Å². The van der Waals surface area contributed by atoms with Gasteiger partial charge < -0.3 is 0 Å². The zero-order chi connectivity index (χ0) is 15.0. The molecule has 0 aromatic heterocycles. The van der Waals surface area contributed by atoms with Crippen LogP contribution >= 0.6 is 0 Å². The SMILES string of the molecule is C[C@@H]1C2=CC(=O)CC[C@]2(C)[C@H]2CC[C@@]3(C)C(=O)CC[C@H]3[C@H]12. The number of carbonyl (C=O) groups excluding carboxylic acids is 2. The Morgan fingerprint density at radius 3 is 2.48 bits per heavy atom. The largest absolute Gasteiger partial charge is 0.299 e. The predicted molar refractivity (Wildman–Crippen MR) is 81.6 cm³/mol. The van der Waals surface area contributed by atoms with Crippen molar-refractivity contribution in [1.29, 1.82) is 0 Å². The monoisotopic (exact) mass is 286 g/mol. The summed E-state index contributed by atoms with van der Waals surface area (Å²) in [5, 5.41) is 0. The van der Waals surface area contributed by atoms with E-state index in [1.165, 1.54) is 12.0 Å². The Bertz CT molecular complexity index is 560. The third kappa shape index (κ3) is 1.54. The molecule has 2 nitrogen and oxygen atoms in total. The average molecular weight is 286 g/mol. The van der Waals surface area contributed by atoms with E-state index < -0.39 is 0 Å². The molecule has 0 aromatic carbocycles. The van der Waals surface area contributed by atoms with Gasteiger partial charge in [-0.15, -0.1) is 0 Å². The number of hydrogen-bond donors (Lipinski definition) is 0. The molecule has 21 heavy (non-hydrogen) atoms. The summed E-state index contributed by atoms with van der Waals surface area (Å²) in [5.41, 5.74) is 1.58. The van der Waals surface area contributed by atoms with Gasteiger partial charge in [0.15, 0.2) is 5.78 Å². The molecule has 0 radical (unpaired) electrons. The molecule has 0 saturated heterocycles.